The predicted octanol–water partition coefficient (Wildman–Crippen LogP) is 1.68. The number of carbonyl (C=O) groups excluding carboxylic acids is 2. The van der Waals surface area contributed by atoms with Gasteiger partial charge >= 0.3 is 5.97 Å². The van der Waals surface area contributed by atoms with E-state index in [1.807, 2.05) is 0 Å². The van der Waals surface area contributed by atoms with Gasteiger partial charge in [0.2, 0.25) is 10.0 Å². The van der Waals surface area contributed by atoms with Crippen LogP contribution in [0.15, 0.2) is 23.1 Å². The minimum Gasteiger partial charge on any atom is -0.451 e. The van der Waals surface area contributed by atoms with Crippen LogP contribution in [0.25, 0.3) is 0 Å². The molecule has 2 fully saturated rings. The molecule has 0 spiro atoms. The maximum absolute atomic E-state index is 12.8. The Labute approximate surface area is 153 Å². The quantitative estimate of drug-likeness (QED) is 0.737. The van der Waals surface area contributed by atoms with Gasteiger partial charge in [-0.05, 0) is 43.9 Å². The van der Waals surface area contributed by atoms with Gasteiger partial charge in [-0.25, -0.2) is 13.2 Å². The summed E-state index contributed by atoms with van der Waals surface area (Å²) in [4.78, 5) is 24.5. The summed E-state index contributed by atoms with van der Waals surface area (Å²) in [5, 5.41) is 0. The van der Waals surface area contributed by atoms with Crippen molar-refractivity contribution in [3.05, 3.63) is 29.3 Å². The molecule has 7 nitrogen and oxygen atoms in total. The summed E-state index contributed by atoms with van der Waals surface area (Å²) in [5.41, 5.74) is 0.789. The van der Waals surface area contributed by atoms with Gasteiger partial charge in [-0.15, -0.1) is 0 Å². The fourth-order valence-electron chi connectivity index (χ4n) is 3.19. The molecule has 1 saturated carbocycles. The maximum Gasteiger partial charge on any atom is 0.339 e. The Hall–Kier alpha value is -1.77. The number of sulfonamides is 1. The van der Waals surface area contributed by atoms with E-state index in [9.17, 15) is 18.0 Å². The third-order valence-electron chi connectivity index (χ3n) is 4.78. The molecule has 0 N–H and O–H groups in total. The molecule has 142 valence electrons. The number of ketones is 1. The van der Waals surface area contributed by atoms with Crippen LogP contribution in [0.1, 0.15) is 41.6 Å². The highest BCUT2D eigenvalue weighted by Gasteiger charge is 2.30. The second-order valence-corrected chi connectivity index (χ2v) is 8.54. The van der Waals surface area contributed by atoms with Crippen LogP contribution in [-0.2, 0) is 24.3 Å². The number of aryl methyl sites for hydroxylation is 1. The minimum atomic E-state index is -3.70. The van der Waals surface area contributed by atoms with Crippen LogP contribution in [0.5, 0.6) is 0 Å². The number of carbonyl (C=O) groups is 2. The lowest BCUT2D eigenvalue weighted by atomic mass is 9.96. The van der Waals surface area contributed by atoms with Gasteiger partial charge in [-0.2, -0.15) is 4.31 Å². The molecule has 0 radical (unpaired) electrons. The normalized spacial score (nSPS) is 22.2. The van der Waals surface area contributed by atoms with Gasteiger partial charge in [-0.1, -0.05) is 6.07 Å². The number of rotatable bonds is 4. The third kappa shape index (κ3) is 3.97. The number of hydrogen-bond acceptors (Lipinski definition) is 6. The summed E-state index contributed by atoms with van der Waals surface area (Å²) in [5.74, 6) is -0.721. The van der Waals surface area contributed by atoms with E-state index in [0.29, 0.717) is 31.6 Å². The average molecular weight is 381 g/mol. The van der Waals surface area contributed by atoms with Crippen molar-refractivity contribution in [2.24, 2.45) is 0 Å². The molecular formula is C18H23NO6S. The summed E-state index contributed by atoms with van der Waals surface area (Å²) < 4.78 is 37.5. The number of esters is 1. The van der Waals surface area contributed by atoms with Gasteiger partial charge in [0.05, 0.1) is 23.7 Å². The number of Topliss-reactive ketones (excluding diaryl/α,β-unsaturated/α-hetero) is 1. The molecule has 3 rings (SSSR count). The van der Waals surface area contributed by atoms with Crippen molar-refractivity contribution < 1.29 is 27.5 Å². The van der Waals surface area contributed by atoms with E-state index >= 15 is 0 Å². The molecular weight excluding hydrogens is 358 g/mol. The zero-order valence-corrected chi connectivity index (χ0v) is 15.6. The van der Waals surface area contributed by atoms with E-state index in [0.717, 1.165) is 12.8 Å². The highest BCUT2D eigenvalue weighted by Crippen LogP contribution is 2.23. The Balaban J connectivity index is 1.83. The molecule has 1 aromatic carbocycles. The van der Waals surface area contributed by atoms with Gasteiger partial charge in [-0.3, -0.25) is 4.79 Å². The molecule has 1 aliphatic carbocycles. The minimum absolute atomic E-state index is 0.0481. The Bertz CT molecular complexity index is 798. The second-order valence-electron chi connectivity index (χ2n) is 6.60. The zero-order chi connectivity index (χ0) is 18.7. The van der Waals surface area contributed by atoms with Crippen molar-refractivity contribution in [3.63, 3.8) is 0 Å². The first kappa shape index (κ1) is 19.0. The average Bonchev–Trinajstić information content (AvgIpc) is 2.64. The summed E-state index contributed by atoms with van der Waals surface area (Å²) in [7, 11) is -3.70. The van der Waals surface area contributed by atoms with Crippen molar-refractivity contribution >= 4 is 21.8 Å². The first-order valence-corrected chi connectivity index (χ1v) is 10.3. The Kier molecular flexibility index (Phi) is 5.74. The van der Waals surface area contributed by atoms with E-state index < -0.39 is 22.1 Å². The molecule has 26 heavy (non-hydrogen) atoms. The van der Waals surface area contributed by atoms with Gasteiger partial charge in [0.25, 0.3) is 0 Å². The molecule has 0 aromatic heterocycles. The van der Waals surface area contributed by atoms with Crippen LogP contribution >= 0.6 is 0 Å². The van der Waals surface area contributed by atoms with Gasteiger partial charge < -0.3 is 9.47 Å². The monoisotopic (exact) mass is 381 g/mol. The lowest BCUT2D eigenvalue weighted by molar-refractivity contribution is -0.129. The predicted molar refractivity (Wildman–Crippen MR) is 93.4 cm³/mol. The van der Waals surface area contributed by atoms with Crippen LogP contribution in [0.3, 0.4) is 0 Å². The summed E-state index contributed by atoms with van der Waals surface area (Å²) >= 11 is 0. The fraction of sp³-hybridized carbons (Fsp3) is 0.556. The number of hydrogen-bond donors (Lipinski definition) is 0. The topological polar surface area (TPSA) is 90.0 Å². The SMILES string of the molecule is Cc1ccc(S(=O)(=O)N2CCOCC2)cc1C(=O)O[C@H]1CCCCC1=O. The van der Waals surface area contributed by atoms with E-state index in [-0.39, 0.29) is 29.3 Å². The Morgan fingerprint density at radius 1 is 1.23 bits per heavy atom. The van der Waals surface area contributed by atoms with Crippen molar-refractivity contribution in [1.29, 1.82) is 0 Å². The lowest BCUT2D eigenvalue weighted by Gasteiger charge is -2.26. The van der Waals surface area contributed by atoms with Crippen molar-refractivity contribution in [3.8, 4) is 0 Å². The standard InChI is InChI=1S/C18H23NO6S/c1-13-6-7-14(26(22,23)19-8-10-24-11-9-19)12-15(13)18(21)25-17-5-3-2-4-16(17)20/h6-7,12,17H,2-5,8-11H2,1H3/t17-/m0/s1. The lowest BCUT2D eigenvalue weighted by Crippen LogP contribution is -2.40. The summed E-state index contributed by atoms with van der Waals surface area (Å²) in [6.07, 6.45) is 1.88. The maximum atomic E-state index is 12.8. The molecule has 0 bridgehead atoms. The largest absolute Gasteiger partial charge is 0.451 e. The number of morpholine rings is 1. The van der Waals surface area contributed by atoms with E-state index in [1.54, 1.807) is 13.0 Å². The number of benzene rings is 1. The number of ether oxygens (including phenoxy) is 2. The Morgan fingerprint density at radius 2 is 1.96 bits per heavy atom. The van der Waals surface area contributed by atoms with Crippen molar-refractivity contribution in [2.45, 2.75) is 43.6 Å². The zero-order valence-electron chi connectivity index (χ0n) is 14.8. The van der Waals surface area contributed by atoms with E-state index in [4.69, 9.17) is 9.47 Å². The van der Waals surface area contributed by atoms with Crippen molar-refractivity contribution in [2.75, 3.05) is 26.3 Å². The van der Waals surface area contributed by atoms with Gasteiger partial charge in [0.1, 0.15) is 0 Å². The van der Waals surface area contributed by atoms with Crippen molar-refractivity contribution in [1.82, 2.24) is 4.31 Å². The summed E-state index contributed by atoms with van der Waals surface area (Å²) in [6.45, 7) is 2.98. The van der Waals surface area contributed by atoms with Crippen LogP contribution in [0, 0.1) is 6.92 Å². The molecule has 1 atom stereocenters. The highest BCUT2D eigenvalue weighted by molar-refractivity contribution is 7.89. The highest BCUT2D eigenvalue weighted by atomic mass is 32.2. The smallest absolute Gasteiger partial charge is 0.339 e. The van der Waals surface area contributed by atoms with Crippen LogP contribution in [0.4, 0.5) is 0 Å². The second kappa shape index (κ2) is 7.85. The molecule has 1 heterocycles. The molecule has 0 amide bonds. The molecule has 1 saturated heterocycles. The molecule has 8 heteroatoms. The fourth-order valence-corrected chi connectivity index (χ4v) is 4.62. The van der Waals surface area contributed by atoms with Gasteiger partial charge in [0, 0.05) is 19.5 Å². The number of nitrogens with zero attached hydrogens (tertiary/aromatic N) is 1. The molecule has 0 unspecified atom stereocenters. The third-order valence-corrected chi connectivity index (χ3v) is 6.68. The first-order valence-electron chi connectivity index (χ1n) is 8.82. The van der Waals surface area contributed by atoms with Crippen LogP contribution in [-0.4, -0.2) is 56.9 Å². The Morgan fingerprint density at radius 3 is 2.65 bits per heavy atom. The van der Waals surface area contributed by atoms with Gasteiger partial charge in [0.15, 0.2) is 11.9 Å². The summed E-state index contributed by atoms with van der Waals surface area (Å²) in [6, 6.07) is 4.42. The van der Waals surface area contributed by atoms with E-state index in [2.05, 4.69) is 0 Å². The van der Waals surface area contributed by atoms with E-state index in [1.165, 1.54) is 16.4 Å². The molecule has 1 aromatic rings. The van der Waals surface area contributed by atoms with Crippen LogP contribution < -0.4 is 0 Å². The first-order chi connectivity index (χ1) is 12.4. The molecule has 2 aliphatic rings. The van der Waals surface area contributed by atoms with Crippen LogP contribution in [0.2, 0.25) is 0 Å². The molecule has 1 aliphatic heterocycles.